The lowest BCUT2D eigenvalue weighted by atomic mass is 10.2. The summed E-state index contributed by atoms with van der Waals surface area (Å²) in [6.07, 6.45) is 2.67. The second-order valence-corrected chi connectivity index (χ2v) is 6.84. The lowest BCUT2D eigenvalue weighted by molar-refractivity contribution is -0.148. The van der Waals surface area contributed by atoms with Crippen molar-refractivity contribution in [1.82, 2.24) is 35.2 Å². The number of hydrogen-bond acceptors (Lipinski definition) is 11. The van der Waals surface area contributed by atoms with Crippen molar-refractivity contribution in [1.29, 1.82) is 0 Å². The van der Waals surface area contributed by atoms with Gasteiger partial charge in [0, 0.05) is 18.9 Å². The van der Waals surface area contributed by atoms with E-state index < -0.39 is 24.6 Å². The molecule has 1 unspecified atom stereocenters. The zero-order chi connectivity index (χ0) is 23.0. The van der Waals surface area contributed by atoms with E-state index >= 15 is 0 Å². The van der Waals surface area contributed by atoms with Crippen LogP contribution in [0.4, 0.5) is 0 Å². The molecule has 3 aromatic heterocycles. The number of H-pyrrole nitrogens is 1. The molecule has 0 aromatic carbocycles. The first-order chi connectivity index (χ1) is 16.2. The van der Waals surface area contributed by atoms with E-state index in [-0.39, 0.29) is 25.5 Å². The van der Waals surface area contributed by atoms with Gasteiger partial charge in [-0.25, -0.2) is 9.78 Å². The highest BCUT2D eigenvalue weighted by molar-refractivity contribution is 6.44. The SMILES string of the molecule is CCOC(=O)CON=C(C(=O)N1CCOC(COn2nnc3cccnc32)C1)c1ccn[nH]1. The minimum atomic E-state index is -0.587. The Labute approximate surface area is 187 Å². The van der Waals surface area contributed by atoms with E-state index in [4.69, 9.17) is 19.1 Å². The summed E-state index contributed by atoms with van der Waals surface area (Å²) in [6.45, 7) is 2.48. The second kappa shape index (κ2) is 10.5. The van der Waals surface area contributed by atoms with Crippen LogP contribution in [-0.2, 0) is 23.9 Å². The topological polar surface area (TPSA) is 159 Å². The molecule has 0 radical (unpaired) electrons. The van der Waals surface area contributed by atoms with Gasteiger partial charge in [0.15, 0.2) is 5.71 Å². The molecule has 0 aliphatic carbocycles. The number of fused-ring (bicyclic) bond motifs is 1. The first-order valence-electron chi connectivity index (χ1n) is 10.2. The molecule has 0 saturated carbocycles. The van der Waals surface area contributed by atoms with Gasteiger partial charge < -0.3 is 24.0 Å². The van der Waals surface area contributed by atoms with Crippen LogP contribution in [0.15, 0.2) is 35.7 Å². The minimum absolute atomic E-state index is 0.0233. The average Bonchev–Trinajstić information content (AvgIpc) is 3.51. The van der Waals surface area contributed by atoms with Gasteiger partial charge in [-0.05, 0) is 30.3 Å². The fraction of sp³-hybridized carbons (Fsp3) is 0.421. The molecular weight excluding hydrogens is 436 g/mol. The molecule has 1 atom stereocenters. The Morgan fingerprint density at radius 1 is 1.33 bits per heavy atom. The lowest BCUT2D eigenvalue weighted by Crippen LogP contribution is -2.50. The summed E-state index contributed by atoms with van der Waals surface area (Å²) in [7, 11) is 0. The van der Waals surface area contributed by atoms with Gasteiger partial charge in [-0.15, -0.1) is 5.10 Å². The molecule has 1 N–H and O–H groups in total. The number of aromatic nitrogens is 6. The van der Waals surface area contributed by atoms with Crippen LogP contribution in [0.2, 0.25) is 0 Å². The van der Waals surface area contributed by atoms with Crippen LogP contribution in [0.5, 0.6) is 0 Å². The highest BCUT2D eigenvalue weighted by atomic mass is 16.7. The Morgan fingerprint density at radius 3 is 3.06 bits per heavy atom. The normalized spacial score (nSPS) is 16.6. The van der Waals surface area contributed by atoms with Crippen LogP contribution in [0.25, 0.3) is 11.2 Å². The van der Waals surface area contributed by atoms with Crippen LogP contribution in [-0.4, -0.2) is 98.4 Å². The van der Waals surface area contributed by atoms with E-state index in [1.165, 1.54) is 11.0 Å². The van der Waals surface area contributed by atoms with E-state index in [2.05, 4.69) is 30.6 Å². The Morgan fingerprint density at radius 2 is 2.24 bits per heavy atom. The number of morpholine rings is 1. The average molecular weight is 458 g/mol. The number of amides is 1. The highest BCUT2D eigenvalue weighted by Crippen LogP contribution is 2.10. The van der Waals surface area contributed by atoms with Crippen LogP contribution >= 0.6 is 0 Å². The summed E-state index contributed by atoms with van der Waals surface area (Å²) in [5, 5.41) is 18.3. The number of aromatic amines is 1. The summed E-state index contributed by atoms with van der Waals surface area (Å²) in [5.74, 6) is -0.999. The molecule has 3 aromatic rings. The molecule has 1 aliphatic rings. The van der Waals surface area contributed by atoms with Gasteiger partial charge in [0.05, 0.1) is 25.5 Å². The molecule has 1 aliphatic heterocycles. The van der Waals surface area contributed by atoms with E-state index in [9.17, 15) is 9.59 Å². The van der Waals surface area contributed by atoms with Gasteiger partial charge in [0.1, 0.15) is 18.2 Å². The zero-order valence-corrected chi connectivity index (χ0v) is 17.8. The molecule has 1 saturated heterocycles. The maximum absolute atomic E-state index is 13.2. The molecule has 0 spiro atoms. The van der Waals surface area contributed by atoms with Crippen LogP contribution < -0.4 is 4.84 Å². The Balaban J connectivity index is 1.39. The maximum Gasteiger partial charge on any atom is 0.347 e. The Bertz CT molecular complexity index is 1110. The van der Waals surface area contributed by atoms with Gasteiger partial charge in [0.2, 0.25) is 12.3 Å². The molecule has 4 rings (SSSR count). The summed E-state index contributed by atoms with van der Waals surface area (Å²) >= 11 is 0. The summed E-state index contributed by atoms with van der Waals surface area (Å²) in [4.78, 5) is 42.4. The zero-order valence-electron chi connectivity index (χ0n) is 17.8. The number of oxime groups is 1. The maximum atomic E-state index is 13.2. The Hall–Kier alpha value is -4.07. The molecule has 1 amide bonds. The predicted octanol–water partition coefficient (Wildman–Crippen LogP) is -0.811. The third kappa shape index (κ3) is 5.41. The van der Waals surface area contributed by atoms with Gasteiger partial charge >= 0.3 is 5.97 Å². The first kappa shape index (κ1) is 22.1. The summed E-state index contributed by atoms with van der Waals surface area (Å²) in [5.41, 5.74) is 1.41. The molecule has 174 valence electrons. The van der Waals surface area contributed by atoms with Crippen LogP contribution in [0.3, 0.4) is 0 Å². The van der Waals surface area contributed by atoms with Crippen molar-refractivity contribution >= 4 is 28.8 Å². The van der Waals surface area contributed by atoms with Crippen molar-refractivity contribution in [2.24, 2.45) is 5.16 Å². The largest absolute Gasteiger partial charge is 0.463 e. The summed E-state index contributed by atoms with van der Waals surface area (Å²) in [6, 6.07) is 5.10. The molecule has 4 heterocycles. The number of carbonyl (C=O) groups is 2. The van der Waals surface area contributed by atoms with Crippen molar-refractivity contribution in [3.63, 3.8) is 0 Å². The predicted molar refractivity (Wildman–Crippen MR) is 111 cm³/mol. The minimum Gasteiger partial charge on any atom is -0.463 e. The lowest BCUT2D eigenvalue weighted by Gasteiger charge is -2.32. The van der Waals surface area contributed by atoms with Gasteiger partial charge in [-0.3, -0.25) is 9.89 Å². The van der Waals surface area contributed by atoms with Crippen LogP contribution in [0, 0.1) is 0 Å². The van der Waals surface area contributed by atoms with Crippen molar-refractivity contribution in [3.05, 3.63) is 36.3 Å². The summed E-state index contributed by atoms with van der Waals surface area (Å²) < 4.78 is 10.5. The van der Waals surface area contributed by atoms with E-state index in [0.29, 0.717) is 30.0 Å². The molecule has 33 heavy (non-hydrogen) atoms. The Kier molecular flexibility index (Phi) is 7.04. The number of nitrogens with zero attached hydrogens (tertiary/aromatic N) is 7. The third-order valence-corrected chi connectivity index (χ3v) is 4.59. The molecule has 14 heteroatoms. The van der Waals surface area contributed by atoms with E-state index in [1.807, 2.05) is 0 Å². The standard InChI is InChI=1S/C19H22N8O6/c1-2-30-16(28)12-32-24-17(14-5-7-21-22-14)19(29)26-8-9-31-13(10-26)11-33-27-18-15(23-25-27)4-3-6-20-18/h3-7,13H,2,8-12H2,1H3,(H,21,22). The van der Waals surface area contributed by atoms with Crippen molar-refractivity contribution in [3.8, 4) is 0 Å². The number of pyridine rings is 1. The third-order valence-electron chi connectivity index (χ3n) is 4.59. The number of ether oxygens (including phenoxy) is 2. The van der Waals surface area contributed by atoms with E-state index in [0.717, 1.165) is 0 Å². The van der Waals surface area contributed by atoms with Gasteiger partial charge in [-0.1, -0.05) is 10.0 Å². The monoisotopic (exact) mass is 458 g/mol. The number of hydrogen-bond donors (Lipinski definition) is 1. The van der Waals surface area contributed by atoms with E-state index in [1.54, 1.807) is 36.2 Å². The smallest absolute Gasteiger partial charge is 0.347 e. The molecule has 1 fully saturated rings. The number of nitrogens with one attached hydrogen (secondary N) is 1. The quantitative estimate of drug-likeness (QED) is 0.244. The molecular formula is C19H22N8O6. The molecule has 0 bridgehead atoms. The number of carbonyl (C=O) groups excluding carboxylic acids is 2. The van der Waals surface area contributed by atoms with Crippen molar-refractivity contribution in [2.45, 2.75) is 13.0 Å². The number of esters is 1. The fourth-order valence-corrected chi connectivity index (χ4v) is 3.08. The van der Waals surface area contributed by atoms with Crippen molar-refractivity contribution < 1.29 is 28.7 Å². The van der Waals surface area contributed by atoms with Gasteiger partial charge in [-0.2, -0.15) is 5.10 Å². The van der Waals surface area contributed by atoms with Gasteiger partial charge in [0.25, 0.3) is 5.91 Å². The number of rotatable bonds is 9. The fourth-order valence-electron chi connectivity index (χ4n) is 3.08. The second-order valence-electron chi connectivity index (χ2n) is 6.84. The van der Waals surface area contributed by atoms with Crippen molar-refractivity contribution in [2.75, 3.05) is 39.5 Å². The first-order valence-corrected chi connectivity index (χ1v) is 10.2. The van der Waals surface area contributed by atoms with Crippen LogP contribution in [0.1, 0.15) is 12.6 Å². The highest BCUT2D eigenvalue weighted by Gasteiger charge is 2.30. The molecule has 14 nitrogen and oxygen atoms in total.